The van der Waals surface area contributed by atoms with Crippen molar-refractivity contribution in [3.63, 3.8) is 0 Å². The fraction of sp³-hybridized carbons (Fsp3) is 0.310. The normalized spacial score (nSPS) is 13.7. The van der Waals surface area contributed by atoms with E-state index in [1.54, 1.807) is 36.4 Å². The van der Waals surface area contributed by atoms with Crippen LogP contribution in [0.25, 0.3) is 22.4 Å². The lowest BCUT2D eigenvalue weighted by atomic mass is 9.91. The summed E-state index contributed by atoms with van der Waals surface area (Å²) in [5, 5.41) is 17.6. The summed E-state index contributed by atoms with van der Waals surface area (Å²) < 4.78 is 7.02. The minimum absolute atomic E-state index is 0.217. The van der Waals surface area contributed by atoms with E-state index in [-0.39, 0.29) is 11.9 Å². The molecule has 9 heteroatoms. The molecule has 0 amide bonds. The number of nitriles is 1. The van der Waals surface area contributed by atoms with Gasteiger partial charge in [-0.1, -0.05) is 32.0 Å². The Bertz CT molecular complexity index is 1530. The first-order valence-electron chi connectivity index (χ1n) is 12.7. The summed E-state index contributed by atoms with van der Waals surface area (Å²) in [6.07, 6.45) is 8.43. The van der Waals surface area contributed by atoms with Gasteiger partial charge in [0.1, 0.15) is 11.6 Å². The monoisotopic (exact) mass is 507 g/mol. The molecule has 0 unspecified atom stereocenters. The predicted molar refractivity (Wildman–Crippen MR) is 144 cm³/mol. The number of esters is 1. The van der Waals surface area contributed by atoms with Crippen molar-refractivity contribution in [2.24, 2.45) is 7.05 Å². The van der Waals surface area contributed by atoms with Crippen LogP contribution in [0.3, 0.4) is 0 Å². The lowest BCUT2D eigenvalue weighted by Gasteiger charge is -2.16. The third-order valence-electron chi connectivity index (χ3n) is 6.89. The van der Waals surface area contributed by atoms with Gasteiger partial charge in [-0.2, -0.15) is 10.4 Å². The molecule has 38 heavy (non-hydrogen) atoms. The van der Waals surface area contributed by atoms with E-state index >= 15 is 0 Å². The summed E-state index contributed by atoms with van der Waals surface area (Å²) in [7, 11) is 1.85. The van der Waals surface area contributed by atoms with Gasteiger partial charge in [-0.05, 0) is 43.4 Å². The summed E-state index contributed by atoms with van der Waals surface area (Å²) in [5.41, 5.74) is 4.73. The number of pyridine rings is 1. The summed E-state index contributed by atoms with van der Waals surface area (Å²) in [5.74, 6) is 1.42. The van der Waals surface area contributed by atoms with E-state index in [1.165, 1.54) is 0 Å². The highest BCUT2D eigenvalue weighted by molar-refractivity contribution is 5.87. The first kappa shape index (κ1) is 25.1. The lowest BCUT2D eigenvalue weighted by Crippen LogP contribution is -2.23. The molecular formula is C29H29N7O2. The maximum Gasteiger partial charge on any atom is 0.316 e. The van der Waals surface area contributed by atoms with Gasteiger partial charge in [-0.25, -0.2) is 4.98 Å². The van der Waals surface area contributed by atoms with Crippen molar-refractivity contribution < 1.29 is 9.53 Å². The Morgan fingerprint density at radius 1 is 1.16 bits per heavy atom. The first-order valence-corrected chi connectivity index (χ1v) is 12.7. The van der Waals surface area contributed by atoms with E-state index in [4.69, 9.17) is 4.74 Å². The number of rotatable bonds is 8. The van der Waals surface area contributed by atoms with Crippen molar-refractivity contribution in [3.8, 4) is 28.5 Å². The smallest absolute Gasteiger partial charge is 0.316 e. The van der Waals surface area contributed by atoms with Crippen molar-refractivity contribution in [2.45, 2.75) is 44.9 Å². The fourth-order valence-electron chi connectivity index (χ4n) is 4.52. The van der Waals surface area contributed by atoms with Crippen LogP contribution >= 0.6 is 0 Å². The second-order valence-corrected chi connectivity index (χ2v) is 9.75. The average molecular weight is 508 g/mol. The van der Waals surface area contributed by atoms with Crippen molar-refractivity contribution in [1.29, 1.82) is 5.26 Å². The molecule has 0 aliphatic heterocycles. The zero-order valence-corrected chi connectivity index (χ0v) is 21.9. The van der Waals surface area contributed by atoms with Crippen molar-refractivity contribution in [3.05, 3.63) is 71.9 Å². The van der Waals surface area contributed by atoms with Gasteiger partial charge in [-0.15, -0.1) is 0 Å². The molecule has 1 aliphatic rings. The number of anilines is 2. The molecule has 9 nitrogen and oxygen atoms in total. The van der Waals surface area contributed by atoms with E-state index in [0.717, 1.165) is 52.3 Å². The molecule has 192 valence electrons. The van der Waals surface area contributed by atoms with Gasteiger partial charge in [0.15, 0.2) is 0 Å². The predicted octanol–water partition coefficient (Wildman–Crippen LogP) is 5.27. The van der Waals surface area contributed by atoms with Gasteiger partial charge in [-0.3, -0.25) is 19.4 Å². The minimum Gasteiger partial charge on any atom is -0.465 e. The Morgan fingerprint density at radius 3 is 2.63 bits per heavy atom. The van der Waals surface area contributed by atoms with E-state index in [0.29, 0.717) is 18.0 Å². The Hall–Kier alpha value is -4.58. The van der Waals surface area contributed by atoms with Crippen molar-refractivity contribution >= 4 is 17.6 Å². The number of ether oxygens (including phenoxy) is 1. The molecule has 0 saturated heterocycles. The van der Waals surface area contributed by atoms with E-state index in [2.05, 4.69) is 45.3 Å². The largest absolute Gasteiger partial charge is 0.465 e. The number of hydrogen-bond acceptors (Lipinski definition) is 8. The van der Waals surface area contributed by atoms with Crippen LogP contribution in [0.4, 0.5) is 11.6 Å². The van der Waals surface area contributed by atoms with Crippen molar-refractivity contribution in [2.75, 3.05) is 11.9 Å². The number of nitrogens with one attached hydrogen (secondary N) is 1. The quantitative estimate of drug-likeness (QED) is 0.320. The molecule has 0 atom stereocenters. The Kier molecular flexibility index (Phi) is 6.64. The summed E-state index contributed by atoms with van der Waals surface area (Å²) in [6.45, 7) is 6.29. The number of carbonyl (C=O) groups excluding carboxylic acids is 1. The molecule has 0 radical (unpaired) electrons. The van der Waals surface area contributed by atoms with Gasteiger partial charge in [0.2, 0.25) is 0 Å². The molecule has 1 saturated carbocycles. The fourth-order valence-corrected chi connectivity index (χ4v) is 4.52. The Morgan fingerprint density at radius 2 is 1.97 bits per heavy atom. The number of hydrogen-bond donors (Lipinski definition) is 1. The molecule has 3 heterocycles. The zero-order valence-electron chi connectivity index (χ0n) is 21.9. The Balaban J connectivity index is 1.42. The molecule has 1 aromatic carbocycles. The van der Waals surface area contributed by atoms with E-state index in [1.807, 2.05) is 37.4 Å². The van der Waals surface area contributed by atoms with Gasteiger partial charge in [0.05, 0.1) is 53.0 Å². The average Bonchev–Trinajstić information content (AvgIpc) is 3.68. The highest BCUT2D eigenvalue weighted by Crippen LogP contribution is 2.50. The Labute approximate surface area is 221 Å². The van der Waals surface area contributed by atoms with Crippen LogP contribution in [0.1, 0.15) is 56.4 Å². The van der Waals surface area contributed by atoms with E-state index in [9.17, 15) is 10.1 Å². The van der Waals surface area contributed by atoms with Crippen LogP contribution in [0.5, 0.6) is 0 Å². The third-order valence-corrected chi connectivity index (χ3v) is 6.89. The zero-order chi connectivity index (χ0) is 26.9. The summed E-state index contributed by atoms with van der Waals surface area (Å²) >= 11 is 0. The second-order valence-electron chi connectivity index (χ2n) is 9.75. The maximum absolute atomic E-state index is 12.5. The van der Waals surface area contributed by atoms with Gasteiger partial charge in [0, 0.05) is 30.6 Å². The standard InChI is InChI=1S/C29H29N7O2/c1-5-38-28(37)29(10-11-29)21-7-8-22(20(12-21)13-30)19-6-9-24(32-14-19)23-15-33-36(4)27(23)35-26-17-31-16-25(34-26)18(2)3/h6-9,12,14-18H,5,10-11H2,1-4H3,(H,34,35). The van der Waals surface area contributed by atoms with Crippen LogP contribution in [-0.4, -0.2) is 37.3 Å². The molecule has 0 spiro atoms. The summed E-state index contributed by atoms with van der Waals surface area (Å²) in [4.78, 5) is 26.1. The molecular weight excluding hydrogens is 478 g/mol. The summed E-state index contributed by atoms with van der Waals surface area (Å²) in [6, 6.07) is 11.7. The van der Waals surface area contributed by atoms with Crippen LogP contribution in [-0.2, 0) is 22.0 Å². The van der Waals surface area contributed by atoms with E-state index < -0.39 is 5.41 Å². The first-order chi connectivity index (χ1) is 18.4. The number of aryl methyl sites for hydroxylation is 1. The van der Waals surface area contributed by atoms with Crippen LogP contribution < -0.4 is 5.32 Å². The molecule has 1 fully saturated rings. The van der Waals surface area contributed by atoms with Crippen LogP contribution in [0, 0.1) is 11.3 Å². The number of aromatic nitrogens is 5. The second kappa shape index (κ2) is 10.1. The number of carbonyl (C=O) groups is 1. The molecule has 1 aliphatic carbocycles. The van der Waals surface area contributed by atoms with Crippen molar-refractivity contribution in [1.82, 2.24) is 24.7 Å². The van der Waals surface area contributed by atoms with Gasteiger partial charge < -0.3 is 10.1 Å². The van der Waals surface area contributed by atoms with Gasteiger partial charge >= 0.3 is 5.97 Å². The highest BCUT2D eigenvalue weighted by atomic mass is 16.5. The molecule has 4 aromatic rings. The topological polar surface area (TPSA) is 119 Å². The molecule has 3 aromatic heterocycles. The minimum atomic E-state index is -0.620. The van der Waals surface area contributed by atoms with Gasteiger partial charge in [0.25, 0.3) is 0 Å². The maximum atomic E-state index is 12.5. The lowest BCUT2D eigenvalue weighted by molar-refractivity contribution is -0.146. The third kappa shape index (κ3) is 4.61. The van der Waals surface area contributed by atoms with Crippen LogP contribution in [0.2, 0.25) is 0 Å². The molecule has 0 bridgehead atoms. The van der Waals surface area contributed by atoms with Crippen LogP contribution in [0.15, 0.2) is 55.1 Å². The number of nitrogens with zero attached hydrogens (tertiary/aromatic N) is 6. The number of benzene rings is 1. The SMILES string of the molecule is CCOC(=O)C1(c2ccc(-c3ccc(-c4cnn(C)c4Nc4cncc(C(C)C)n4)nc3)c(C#N)c2)CC1. The highest BCUT2D eigenvalue weighted by Gasteiger charge is 2.52. The molecule has 1 N–H and O–H groups in total. The molecule has 5 rings (SSSR count).